The molecule has 0 spiro atoms. The van der Waals surface area contributed by atoms with Crippen LogP contribution in [0, 0.1) is 17.8 Å². The van der Waals surface area contributed by atoms with Crippen molar-refractivity contribution < 1.29 is 9.59 Å². The second-order valence-corrected chi connectivity index (χ2v) is 7.76. The Morgan fingerprint density at radius 1 is 1.17 bits per heavy atom. The Labute approximate surface area is 136 Å². The molecule has 1 fully saturated rings. The van der Waals surface area contributed by atoms with E-state index in [1.807, 2.05) is 0 Å². The number of carbonyl (C=O) groups excluding carboxylic acids is 2. The number of nitrogens with zero attached hydrogens (tertiary/aromatic N) is 1. The highest BCUT2D eigenvalue weighted by molar-refractivity contribution is 6.19. The standard InChI is InChI=1S/C20H21NO2/c1-10(2)11-4-3-5-12(8-11)21-19(22)17-13-6-7-14(16-9-15(13)16)18(17)20(21)23/h8-11,17H,3-7H2,1-2H3/t11?,17-/m0/s1. The molecule has 1 saturated heterocycles. The van der Waals surface area contributed by atoms with Crippen molar-refractivity contribution in [1.82, 2.24) is 4.90 Å². The fraction of sp³-hybridized carbons (Fsp3) is 0.500. The zero-order valence-electron chi connectivity index (χ0n) is 13.7. The number of carbonyl (C=O) groups is 2. The van der Waals surface area contributed by atoms with Gasteiger partial charge < -0.3 is 0 Å². The summed E-state index contributed by atoms with van der Waals surface area (Å²) >= 11 is 0. The molecule has 5 aliphatic carbocycles. The highest BCUT2D eigenvalue weighted by Crippen LogP contribution is 2.57. The topological polar surface area (TPSA) is 37.4 Å². The molecular formula is C20H21NO2. The molecule has 0 radical (unpaired) electrons. The second kappa shape index (κ2) is 4.34. The third-order valence-corrected chi connectivity index (χ3v) is 6.19. The molecule has 0 aromatic carbocycles. The van der Waals surface area contributed by atoms with Gasteiger partial charge in [-0.1, -0.05) is 19.9 Å². The van der Waals surface area contributed by atoms with E-state index in [-0.39, 0.29) is 17.7 Å². The van der Waals surface area contributed by atoms with Gasteiger partial charge in [-0.3, -0.25) is 14.5 Å². The van der Waals surface area contributed by atoms with Crippen molar-refractivity contribution >= 4 is 11.8 Å². The lowest BCUT2D eigenvalue weighted by molar-refractivity contribution is -0.136. The van der Waals surface area contributed by atoms with Crippen LogP contribution >= 0.6 is 0 Å². The minimum absolute atomic E-state index is 0.0136. The van der Waals surface area contributed by atoms with Crippen LogP contribution in [0.3, 0.4) is 0 Å². The summed E-state index contributed by atoms with van der Waals surface area (Å²) < 4.78 is 0. The Balaban J connectivity index is 1.57. The van der Waals surface area contributed by atoms with Crippen molar-refractivity contribution in [2.45, 2.75) is 46.0 Å². The van der Waals surface area contributed by atoms with Crippen molar-refractivity contribution in [3.05, 3.63) is 45.7 Å². The molecule has 2 atom stereocenters. The first kappa shape index (κ1) is 13.5. The average Bonchev–Trinajstić information content (AvgIpc) is 3.32. The van der Waals surface area contributed by atoms with Crippen LogP contribution in [-0.4, -0.2) is 16.7 Å². The fourth-order valence-electron chi connectivity index (χ4n) is 4.87. The maximum Gasteiger partial charge on any atom is 0.262 e. The molecule has 1 unspecified atom stereocenters. The molecule has 1 aliphatic heterocycles. The van der Waals surface area contributed by atoms with Crippen molar-refractivity contribution in [1.29, 1.82) is 0 Å². The number of fused-ring (bicyclic) bond motifs is 1. The van der Waals surface area contributed by atoms with E-state index in [1.54, 1.807) is 0 Å². The minimum atomic E-state index is -0.260. The Bertz CT molecular complexity index is 788. The van der Waals surface area contributed by atoms with Gasteiger partial charge in [0.1, 0.15) is 0 Å². The molecule has 118 valence electrons. The van der Waals surface area contributed by atoms with E-state index in [2.05, 4.69) is 26.0 Å². The molecule has 0 aromatic heterocycles. The highest BCUT2D eigenvalue weighted by Gasteiger charge is 2.54. The van der Waals surface area contributed by atoms with Crippen LogP contribution in [-0.2, 0) is 9.59 Å². The van der Waals surface area contributed by atoms with Crippen LogP contribution in [0.15, 0.2) is 45.7 Å². The maximum atomic E-state index is 13.1. The monoisotopic (exact) mass is 307 g/mol. The second-order valence-electron chi connectivity index (χ2n) is 7.76. The Kier molecular flexibility index (Phi) is 2.55. The zero-order valence-corrected chi connectivity index (χ0v) is 13.7. The van der Waals surface area contributed by atoms with Crippen LogP contribution in [0.1, 0.15) is 46.0 Å². The van der Waals surface area contributed by atoms with Gasteiger partial charge >= 0.3 is 0 Å². The Morgan fingerprint density at radius 3 is 2.78 bits per heavy atom. The molecule has 3 heteroatoms. The van der Waals surface area contributed by atoms with Gasteiger partial charge in [-0.05, 0) is 72.3 Å². The van der Waals surface area contributed by atoms with Gasteiger partial charge in [0.2, 0.25) is 5.91 Å². The lowest BCUT2D eigenvalue weighted by Crippen LogP contribution is -2.32. The summed E-state index contributed by atoms with van der Waals surface area (Å²) in [6.07, 6.45) is 9.34. The van der Waals surface area contributed by atoms with Crippen LogP contribution in [0.5, 0.6) is 0 Å². The third-order valence-electron chi connectivity index (χ3n) is 6.19. The predicted molar refractivity (Wildman–Crippen MR) is 87.0 cm³/mol. The summed E-state index contributed by atoms with van der Waals surface area (Å²) in [6, 6.07) is 0. The number of imide groups is 1. The van der Waals surface area contributed by atoms with E-state index in [0.29, 0.717) is 11.8 Å². The third kappa shape index (κ3) is 1.65. The first-order chi connectivity index (χ1) is 11.1. The Hall–Kier alpha value is -1.90. The van der Waals surface area contributed by atoms with E-state index in [1.165, 1.54) is 21.6 Å². The van der Waals surface area contributed by atoms with Gasteiger partial charge in [0.25, 0.3) is 5.91 Å². The zero-order chi connectivity index (χ0) is 15.9. The number of allylic oxidation sites excluding steroid dienone is 6. The van der Waals surface area contributed by atoms with Crippen molar-refractivity contribution in [3.63, 3.8) is 0 Å². The fourth-order valence-corrected chi connectivity index (χ4v) is 4.87. The van der Waals surface area contributed by atoms with Gasteiger partial charge in [-0.2, -0.15) is 0 Å². The number of rotatable bonds is 2. The van der Waals surface area contributed by atoms with Crippen molar-refractivity contribution in [3.8, 4) is 0 Å². The van der Waals surface area contributed by atoms with Crippen LogP contribution < -0.4 is 0 Å². The largest absolute Gasteiger partial charge is 0.273 e. The number of hydrogen-bond donors (Lipinski definition) is 0. The van der Waals surface area contributed by atoms with E-state index < -0.39 is 0 Å². The summed E-state index contributed by atoms with van der Waals surface area (Å²) in [7, 11) is 0. The lowest BCUT2D eigenvalue weighted by Gasteiger charge is -2.28. The van der Waals surface area contributed by atoms with E-state index in [9.17, 15) is 9.59 Å². The molecule has 0 N–H and O–H groups in total. The maximum absolute atomic E-state index is 13.1. The molecule has 23 heavy (non-hydrogen) atoms. The molecule has 0 saturated carbocycles. The summed E-state index contributed by atoms with van der Waals surface area (Å²) in [4.78, 5) is 27.6. The van der Waals surface area contributed by atoms with Gasteiger partial charge in [0, 0.05) is 11.3 Å². The SMILES string of the molecule is CC(C)C1C=C(N2C(=O)C3=C4CCC(=C5C=C54)[C@@H]3C2=O)CCC1. The molecule has 3 nitrogen and oxygen atoms in total. The van der Waals surface area contributed by atoms with E-state index >= 15 is 0 Å². The molecule has 1 heterocycles. The Morgan fingerprint density at radius 2 is 2.00 bits per heavy atom. The molecule has 2 bridgehead atoms. The first-order valence-electron chi connectivity index (χ1n) is 8.85. The molecule has 2 amide bonds. The van der Waals surface area contributed by atoms with E-state index in [4.69, 9.17) is 0 Å². The highest BCUT2D eigenvalue weighted by atomic mass is 16.2. The van der Waals surface area contributed by atoms with Gasteiger partial charge in [0.15, 0.2) is 0 Å². The van der Waals surface area contributed by atoms with Crippen molar-refractivity contribution in [2.75, 3.05) is 0 Å². The minimum Gasteiger partial charge on any atom is -0.273 e. The summed E-state index contributed by atoms with van der Waals surface area (Å²) in [5.41, 5.74) is 6.68. The number of likely N-dealkylation sites (tertiary alicyclic amines) is 1. The summed E-state index contributed by atoms with van der Waals surface area (Å²) in [5.74, 6) is 0.759. The molecule has 6 aliphatic rings. The molecular weight excluding hydrogens is 286 g/mol. The summed E-state index contributed by atoms with van der Waals surface area (Å²) in [6.45, 7) is 4.43. The predicted octanol–water partition coefficient (Wildman–Crippen LogP) is 3.65. The lowest BCUT2D eigenvalue weighted by atomic mass is 9.74. The summed E-state index contributed by atoms with van der Waals surface area (Å²) in [5, 5.41) is 0. The van der Waals surface area contributed by atoms with Crippen LogP contribution in [0.25, 0.3) is 0 Å². The average molecular weight is 307 g/mol. The normalized spacial score (nSPS) is 31.7. The van der Waals surface area contributed by atoms with E-state index in [0.717, 1.165) is 48.9 Å². The first-order valence-corrected chi connectivity index (χ1v) is 8.85. The van der Waals surface area contributed by atoms with Crippen molar-refractivity contribution in [2.24, 2.45) is 17.8 Å². The van der Waals surface area contributed by atoms with Crippen LogP contribution in [0.4, 0.5) is 0 Å². The van der Waals surface area contributed by atoms with Gasteiger partial charge in [0.05, 0.1) is 5.92 Å². The van der Waals surface area contributed by atoms with Gasteiger partial charge in [-0.15, -0.1) is 0 Å². The van der Waals surface area contributed by atoms with Gasteiger partial charge in [-0.25, -0.2) is 0 Å². The molecule has 0 aromatic rings. The van der Waals surface area contributed by atoms with Crippen LogP contribution in [0.2, 0.25) is 0 Å². The number of amides is 2. The number of hydrogen-bond acceptors (Lipinski definition) is 2. The smallest absolute Gasteiger partial charge is 0.262 e. The quantitative estimate of drug-likeness (QED) is 0.730. The molecule has 6 rings (SSSR count).